The fourth-order valence-electron chi connectivity index (χ4n) is 4.00. The predicted octanol–water partition coefficient (Wildman–Crippen LogP) is 4.72. The van der Waals surface area contributed by atoms with Crippen molar-refractivity contribution in [3.63, 3.8) is 0 Å². The normalized spacial score (nSPS) is 15.5. The lowest BCUT2D eigenvalue weighted by atomic mass is 9.96. The topological polar surface area (TPSA) is 123 Å². The van der Waals surface area contributed by atoms with Gasteiger partial charge in [-0.15, -0.1) is 0 Å². The van der Waals surface area contributed by atoms with Gasteiger partial charge in [0.25, 0.3) is 5.91 Å². The standard InChI is InChI=1S/C26H19N3O6S/c1-3-12-34-25(33)23-14(2)28-26(36-23)29-20(15-8-10-27-11-9-15)19(22(31)24(29)32)21(30)18-13-16-6-4-5-7-17(16)35-18/h3-11,13,20,31H,1,12H2,2H3. The van der Waals surface area contributed by atoms with Gasteiger partial charge in [-0.3, -0.25) is 19.5 Å². The minimum atomic E-state index is -1.02. The van der Waals surface area contributed by atoms with Gasteiger partial charge in [-0.25, -0.2) is 9.78 Å². The molecule has 1 atom stereocenters. The number of aliphatic hydroxyl groups is 1. The van der Waals surface area contributed by atoms with Crippen molar-refractivity contribution in [3.8, 4) is 0 Å². The number of furan rings is 1. The first kappa shape index (κ1) is 23.2. The average Bonchev–Trinajstić information content (AvgIpc) is 3.57. The second-order valence-corrected chi connectivity index (χ2v) is 8.87. The largest absolute Gasteiger partial charge is 0.503 e. The highest BCUT2D eigenvalue weighted by molar-refractivity contribution is 7.17. The molecule has 180 valence electrons. The summed E-state index contributed by atoms with van der Waals surface area (Å²) < 4.78 is 10.8. The lowest BCUT2D eigenvalue weighted by Crippen LogP contribution is -2.31. The molecule has 1 unspecified atom stereocenters. The highest BCUT2D eigenvalue weighted by Crippen LogP contribution is 2.44. The van der Waals surface area contributed by atoms with Crippen LogP contribution in [0.15, 0.2) is 83.3 Å². The molecule has 5 rings (SSSR count). The fraction of sp³-hybridized carbons (Fsp3) is 0.115. The number of hydrogen-bond acceptors (Lipinski definition) is 9. The molecule has 36 heavy (non-hydrogen) atoms. The maximum absolute atomic E-state index is 13.6. The van der Waals surface area contributed by atoms with Crippen molar-refractivity contribution in [3.05, 3.63) is 101 Å². The van der Waals surface area contributed by atoms with Gasteiger partial charge < -0.3 is 14.3 Å². The summed E-state index contributed by atoms with van der Waals surface area (Å²) in [5, 5.41) is 11.8. The molecular weight excluding hydrogens is 482 g/mol. The molecule has 0 saturated carbocycles. The van der Waals surface area contributed by atoms with Crippen LogP contribution in [0.1, 0.15) is 37.5 Å². The summed E-state index contributed by atoms with van der Waals surface area (Å²) in [7, 11) is 0. The number of pyridine rings is 1. The summed E-state index contributed by atoms with van der Waals surface area (Å²) in [6.07, 6.45) is 4.47. The Kier molecular flexibility index (Phi) is 5.95. The van der Waals surface area contributed by atoms with Crippen LogP contribution in [-0.4, -0.2) is 39.3 Å². The molecule has 0 aliphatic carbocycles. The molecule has 1 aromatic carbocycles. The molecule has 1 amide bonds. The van der Waals surface area contributed by atoms with Crippen LogP contribution in [0, 0.1) is 6.92 Å². The Bertz CT molecular complexity index is 1520. The molecule has 1 aliphatic heterocycles. The number of fused-ring (bicyclic) bond motifs is 1. The number of carbonyl (C=O) groups excluding carboxylic acids is 3. The lowest BCUT2D eigenvalue weighted by molar-refractivity contribution is -0.117. The highest BCUT2D eigenvalue weighted by Gasteiger charge is 2.47. The van der Waals surface area contributed by atoms with Crippen molar-refractivity contribution in [1.82, 2.24) is 9.97 Å². The van der Waals surface area contributed by atoms with E-state index in [9.17, 15) is 19.5 Å². The van der Waals surface area contributed by atoms with E-state index in [1.807, 2.05) is 6.07 Å². The number of esters is 1. The third-order valence-corrected chi connectivity index (χ3v) is 6.77. The van der Waals surface area contributed by atoms with E-state index in [0.717, 1.165) is 11.3 Å². The zero-order valence-electron chi connectivity index (χ0n) is 19.0. The molecule has 1 N–H and O–H groups in total. The Morgan fingerprint density at radius 3 is 2.72 bits per heavy atom. The third-order valence-electron chi connectivity index (χ3n) is 5.63. The molecule has 4 aromatic rings. The van der Waals surface area contributed by atoms with Crippen LogP contribution in [0.5, 0.6) is 0 Å². The zero-order chi connectivity index (χ0) is 25.4. The molecule has 9 nitrogen and oxygen atoms in total. The van der Waals surface area contributed by atoms with E-state index >= 15 is 0 Å². The Labute approximate surface area is 209 Å². The minimum Gasteiger partial charge on any atom is -0.503 e. The molecular formula is C26H19N3O6S. The van der Waals surface area contributed by atoms with Crippen LogP contribution in [0.2, 0.25) is 0 Å². The first-order chi connectivity index (χ1) is 17.4. The minimum absolute atomic E-state index is 0.0181. The first-order valence-electron chi connectivity index (χ1n) is 10.9. The molecule has 0 spiro atoms. The Morgan fingerprint density at radius 1 is 1.25 bits per heavy atom. The van der Waals surface area contributed by atoms with E-state index in [0.29, 0.717) is 22.2 Å². The molecule has 4 heterocycles. The van der Waals surface area contributed by atoms with Crippen LogP contribution >= 0.6 is 11.3 Å². The third kappa shape index (κ3) is 3.87. The quantitative estimate of drug-likeness (QED) is 0.219. The average molecular weight is 502 g/mol. The maximum atomic E-state index is 13.6. The van der Waals surface area contributed by atoms with Crippen molar-refractivity contribution < 1.29 is 28.6 Å². The number of carbonyl (C=O) groups is 3. The van der Waals surface area contributed by atoms with E-state index in [-0.39, 0.29) is 27.9 Å². The van der Waals surface area contributed by atoms with E-state index in [4.69, 9.17) is 9.15 Å². The number of anilines is 1. The second-order valence-electron chi connectivity index (χ2n) is 7.90. The summed E-state index contributed by atoms with van der Waals surface area (Å²) >= 11 is 0.930. The number of ketones is 1. The summed E-state index contributed by atoms with van der Waals surface area (Å²) in [4.78, 5) is 49.2. The van der Waals surface area contributed by atoms with E-state index in [2.05, 4.69) is 16.5 Å². The number of amides is 1. The number of thiazole rings is 1. The van der Waals surface area contributed by atoms with Crippen molar-refractivity contribution >= 4 is 45.1 Å². The summed E-state index contributed by atoms with van der Waals surface area (Å²) in [5.41, 5.74) is 1.21. The van der Waals surface area contributed by atoms with Gasteiger partial charge in [0.1, 0.15) is 17.1 Å². The maximum Gasteiger partial charge on any atom is 0.350 e. The van der Waals surface area contributed by atoms with Crippen LogP contribution in [-0.2, 0) is 9.53 Å². The number of aromatic nitrogens is 2. The number of Topliss-reactive ketones (excluding diaryl/α,β-unsaturated/α-hetero) is 1. The number of benzene rings is 1. The molecule has 0 radical (unpaired) electrons. The van der Waals surface area contributed by atoms with Gasteiger partial charge >= 0.3 is 5.97 Å². The predicted molar refractivity (Wildman–Crippen MR) is 132 cm³/mol. The smallest absolute Gasteiger partial charge is 0.350 e. The fourth-order valence-corrected chi connectivity index (χ4v) is 4.98. The van der Waals surface area contributed by atoms with E-state index in [1.165, 1.54) is 23.4 Å². The number of ether oxygens (including phenoxy) is 1. The second kappa shape index (κ2) is 9.23. The Hall–Kier alpha value is -4.57. The molecule has 0 saturated heterocycles. The highest BCUT2D eigenvalue weighted by atomic mass is 32.1. The number of para-hydroxylation sites is 1. The van der Waals surface area contributed by atoms with E-state index < -0.39 is 29.5 Å². The van der Waals surface area contributed by atoms with Gasteiger partial charge in [-0.05, 0) is 36.8 Å². The van der Waals surface area contributed by atoms with Gasteiger partial charge in [0, 0.05) is 17.8 Å². The van der Waals surface area contributed by atoms with Gasteiger partial charge in [-0.1, -0.05) is 42.2 Å². The summed E-state index contributed by atoms with van der Waals surface area (Å²) in [6, 6.07) is 10.9. The van der Waals surface area contributed by atoms with Crippen LogP contribution in [0.3, 0.4) is 0 Å². The van der Waals surface area contributed by atoms with Crippen molar-refractivity contribution in [2.75, 3.05) is 11.5 Å². The molecule has 10 heteroatoms. The van der Waals surface area contributed by atoms with Crippen LogP contribution in [0.25, 0.3) is 11.0 Å². The van der Waals surface area contributed by atoms with Crippen LogP contribution < -0.4 is 4.90 Å². The van der Waals surface area contributed by atoms with Gasteiger partial charge in [0.15, 0.2) is 16.7 Å². The zero-order valence-corrected chi connectivity index (χ0v) is 19.8. The molecule has 3 aromatic heterocycles. The summed E-state index contributed by atoms with van der Waals surface area (Å²) in [5.74, 6) is -2.81. The van der Waals surface area contributed by atoms with Crippen molar-refractivity contribution in [1.29, 1.82) is 0 Å². The molecule has 0 fully saturated rings. The molecule has 0 bridgehead atoms. The monoisotopic (exact) mass is 501 g/mol. The number of rotatable bonds is 7. The number of nitrogens with zero attached hydrogens (tertiary/aromatic N) is 3. The van der Waals surface area contributed by atoms with Gasteiger partial charge in [0.2, 0.25) is 5.78 Å². The SMILES string of the molecule is C=CCOC(=O)c1sc(N2C(=O)C(O)=C(C(=O)c3cc4ccccc4o3)C2c2ccncc2)nc1C. The number of aryl methyl sites for hydroxylation is 1. The van der Waals surface area contributed by atoms with Gasteiger partial charge in [0.05, 0.1) is 17.3 Å². The van der Waals surface area contributed by atoms with Crippen molar-refractivity contribution in [2.45, 2.75) is 13.0 Å². The Balaban J connectivity index is 1.60. The van der Waals surface area contributed by atoms with Crippen molar-refractivity contribution in [2.24, 2.45) is 0 Å². The lowest BCUT2D eigenvalue weighted by Gasteiger charge is -2.24. The van der Waals surface area contributed by atoms with Crippen LogP contribution in [0.4, 0.5) is 5.13 Å². The molecule has 1 aliphatic rings. The number of hydrogen-bond donors (Lipinski definition) is 1. The summed E-state index contributed by atoms with van der Waals surface area (Å²) in [6.45, 7) is 5.15. The van der Waals surface area contributed by atoms with E-state index in [1.54, 1.807) is 43.3 Å². The number of aliphatic hydroxyl groups excluding tert-OH is 1. The Morgan fingerprint density at radius 2 is 2.00 bits per heavy atom. The van der Waals surface area contributed by atoms with Gasteiger partial charge in [-0.2, -0.15) is 0 Å². The first-order valence-corrected chi connectivity index (χ1v) is 11.7.